The summed E-state index contributed by atoms with van der Waals surface area (Å²) in [5.41, 5.74) is 1.15. The molecule has 2 aromatic heterocycles. The summed E-state index contributed by atoms with van der Waals surface area (Å²) in [5, 5.41) is 9.89. The van der Waals surface area contributed by atoms with Crippen LogP contribution >= 0.6 is 0 Å². The van der Waals surface area contributed by atoms with Gasteiger partial charge >= 0.3 is 0 Å². The first-order valence-corrected chi connectivity index (χ1v) is 9.73. The summed E-state index contributed by atoms with van der Waals surface area (Å²) in [5.74, 6) is -0.234. The minimum absolute atomic E-state index is 0.133. The number of rotatable bonds is 2. The maximum Gasteiger partial charge on any atom is 0.270 e. The first-order chi connectivity index (χ1) is 13.0. The molecule has 1 unspecified atom stereocenters. The van der Waals surface area contributed by atoms with Gasteiger partial charge in [0.25, 0.3) is 11.5 Å². The number of aliphatic hydroxyl groups is 1. The average molecular weight is 370 g/mol. The topological polar surface area (TPSA) is 78.2 Å². The van der Waals surface area contributed by atoms with Crippen molar-refractivity contribution in [3.8, 4) is 0 Å². The molecule has 7 nitrogen and oxygen atoms in total. The molecular weight excluding hydrogens is 344 g/mol. The van der Waals surface area contributed by atoms with Gasteiger partial charge in [-0.05, 0) is 51.3 Å². The van der Waals surface area contributed by atoms with E-state index in [1.54, 1.807) is 11.0 Å². The molecule has 1 atom stereocenters. The molecule has 7 heteroatoms. The molecule has 2 fully saturated rings. The number of piperidine rings is 2. The molecule has 0 spiro atoms. The molecule has 144 valence electrons. The van der Waals surface area contributed by atoms with E-state index in [0.717, 1.165) is 44.5 Å². The molecule has 2 saturated heterocycles. The van der Waals surface area contributed by atoms with Crippen LogP contribution in [0.25, 0.3) is 5.65 Å². The van der Waals surface area contributed by atoms with Gasteiger partial charge in [-0.15, -0.1) is 0 Å². The number of fused-ring (bicyclic) bond motifs is 1. The summed E-state index contributed by atoms with van der Waals surface area (Å²) in [6.07, 6.45) is 4.84. The second-order valence-corrected chi connectivity index (χ2v) is 7.65. The number of hydrogen-bond donors (Lipinski definition) is 1. The molecule has 27 heavy (non-hydrogen) atoms. The Morgan fingerprint density at radius 1 is 1.19 bits per heavy atom. The molecule has 0 radical (unpaired) electrons. The lowest BCUT2D eigenvalue weighted by Crippen LogP contribution is -2.51. The number of β-amino-alcohol motifs (C(OH)–C–C–N with tert-alkyl or cyclic N) is 1. The van der Waals surface area contributed by atoms with Crippen LogP contribution in [0.2, 0.25) is 0 Å². The number of carbonyl (C=O) groups excluding carboxylic acids is 1. The van der Waals surface area contributed by atoms with Crippen molar-refractivity contribution in [3.63, 3.8) is 0 Å². The fourth-order valence-corrected chi connectivity index (χ4v) is 4.34. The third-order valence-electron chi connectivity index (χ3n) is 5.85. The van der Waals surface area contributed by atoms with Crippen LogP contribution in [-0.4, -0.2) is 68.5 Å². The average Bonchev–Trinajstić information content (AvgIpc) is 2.68. The highest BCUT2D eigenvalue weighted by Gasteiger charge is 2.30. The molecule has 1 amide bonds. The number of likely N-dealkylation sites (tertiary alicyclic amines) is 2. The van der Waals surface area contributed by atoms with Gasteiger partial charge in [0.05, 0.1) is 6.10 Å². The fourth-order valence-electron chi connectivity index (χ4n) is 4.34. The predicted molar refractivity (Wildman–Crippen MR) is 102 cm³/mol. The molecule has 1 N–H and O–H groups in total. The van der Waals surface area contributed by atoms with Crippen LogP contribution < -0.4 is 5.56 Å². The van der Waals surface area contributed by atoms with Crippen LogP contribution in [0.3, 0.4) is 0 Å². The standard InChI is InChI=1S/C20H26N4O3/c1-14-4-2-6-18-21-12-17(20(27)24(14)18)19(26)22-10-7-15(8-11-22)23-9-3-5-16(25)13-23/h2,4,6,12,15-16,25H,3,5,7-11,13H2,1H3. The highest BCUT2D eigenvalue weighted by Crippen LogP contribution is 2.22. The normalized spacial score (nSPS) is 22.3. The van der Waals surface area contributed by atoms with Crippen molar-refractivity contribution in [1.29, 1.82) is 0 Å². The lowest BCUT2D eigenvalue weighted by molar-refractivity contribution is 0.0240. The van der Waals surface area contributed by atoms with E-state index in [1.807, 2.05) is 19.1 Å². The van der Waals surface area contributed by atoms with E-state index >= 15 is 0 Å². The Kier molecular flexibility index (Phi) is 4.97. The number of aromatic nitrogens is 2. The Bertz CT molecular complexity index is 902. The van der Waals surface area contributed by atoms with E-state index in [9.17, 15) is 14.7 Å². The maximum absolute atomic E-state index is 12.9. The van der Waals surface area contributed by atoms with E-state index in [4.69, 9.17) is 0 Å². The van der Waals surface area contributed by atoms with Crippen molar-refractivity contribution < 1.29 is 9.90 Å². The minimum Gasteiger partial charge on any atom is -0.392 e. The van der Waals surface area contributed by atoms with Gasteiger partial charge in [0.2, 0.25) is 0 Å². The summed E-state index contributed by atoms with van der Waals surface area (Å²) in [6, 6.07) is 5.85. The number of pyridine rings is 1. The van der Waals surface area contributed by atoms with Gasteiger partial charge in [-0.3, -0.25) is 18.9 Å². The van der Waals surface area contributed by atoms with Crippen molar-refractivity contribution in [2.45, 2.75) is 44.8 Å². The number of hydrogen-bond acceptors (Lipinski definition) is 5. The van der Waals surface area contributed by atoms with Crippen LogP contribution in [0.15, 0.2) is 29.2 Å². The van der Waals surface area contributed by atoms with Gasteiger partial charge in [-0.25, -0.2) is 4.98 Å². The summed E-state index contributed by atoms with van der Waals surface area (Å²) in [7, 11) is 0. The van der Waals surface area contributed by atoms with Gasteiger partial charge in [0.15, 0.2) is 0 Å². The Hall–Kier alpha value is -2.25. The van der Waals surface area contributed by atoms with E-state index in [2.05, 4.69) is 9.88 Å². The number of amides is 1. The molecule has 4 heterocycles. The van der Waals surface area contributed by atoms with E-state index < -0.39 is 0 Å². The molecule has 4 rings (SSSR count). The molecule has 2 aromatic rings. The molecule has 0 saturated carbocycles. The SMILES string of the molecule is Cc1cccc2ncc(C(=O)N3CCC(N4CCCC(O)C4)CC3)c(=O)n12. The second-order valence-electron chi connectivity index (χ2n) is 7.65. The number of aryl methyl sites for hydroxylation is 1. The zero-order valence-corrected chi connectivity index (χ0v) is 15.7. The highest BCUT2D eigenvalue weighted by atomic mass is 16.3. The summed E-state index contributed by atoms with van der Waals surface area (Å²) in [6.45, 7) is 4.85. The van der Waals surface area contributed by atoms with E-state index in [0.29, 0.717) is 24.8 Å². The van der Waals surface area contributed by atoms with Crippen molar-refractivity contribution in [2.75, 3.05) is 26.2 Å². The fraction of sp³-hybridized carbons (Fsp3) is 0.550. The Morgan fingerprint density at radius 2 is 1.96 bits per heavy atom. The van der Waals surface area contributed by atoms with E-state index in [1.165, 1.54) is 10.6 Å². The predicted octanol–water partition coefficient (Wildman–Crippen LogP) is 1.06. The van der Waals surface area contributed by atoms with E-state index in [-0.39, 0.29) is 23.1 Å². The lowest BCUT2D eigenvalue weighted by Gasteiger charge is -2.41. The van der Waals surface area contributed by atoms with Gasteiger partial charge in [-0.1, -0.05) is 6.07 Å². The molecule has 0 bridgehead atoms. The Balaban J connectivity index is 1.48. The zero-order chi connectivity index (χ0) is 19.0. The maximum atomic E-state index is 12.9. The van der Waals surface area contributed by atoms with Crippen LogP contribution in [0.5, 0.6) is 0 Å². The molecule has 2 aliphatic heterocycles. The number of nitrogens with zero attached hydrogens (tertiary/aromatic N) is 4. The first kappa shape index (κ1) is 18.1. The zero-order valence-electron chi connectivity index (χ0n) is 15.7. The smallest absolute Gasteiger partial charge is 0.270 e. The highest BCUT2D eigenvalue weighted by molar-refractivity contribution is 5.93. The molecule has 0 aromatic carbocycles. The van der Waals surface area contributed by atoms with Crippen LogP contribution in [0.4, 0.5) is 0 Å². The largest absolute Gasteiger partial charge is 0.392 e. The monoisotopic (exact) mass is 370 g/mol. The van der Waals surface area contributed by atoms with Crippen molar-refractivity contribution in [3.05, 3.63) is 46.0 Å². The van der Waals surface area contributed by atoms with Crippen molar-refractivity contribution >= 4 is 11.6 Å². The number of aliphatic hydroxyl groups excluding tert-OH is 1. The Labute approximate surface area is 158 Å². The Morgan fingerprint density at radius 3 is 2.70 bits per heavy atom. The van der Waals surface area contributed by atoms with Crippen LogP contribution in [0, 0.1) is 6.92 Å². The quantitative estimate of drug-likeness (QED) is 0.855. The van der Waals surface area contributed by atoms with Crippen LogP contribution in [0.1, 0.15) is 41.7 Å². The molecule has 2 aliphatic rings. The second kappa shape index (κ2) is 7.40. The van der Waals surface area contributed by atoms with Gasteiger partial charge < -0.3 is 10.0 Å². The minimum atomic E-state index is -0.302. The first-order valence-electron chi connectivity index (χ1n) is 9.73. The van der Waals surface area contributed by atoms with Crippen LogP contribution in [-0.2, 0) is 0 Å². The molecule has 0 aliphatic carbocycles. The lowest BCUT2D eigenvalue weighted by atomic mass is 9.98. The summed E-state index contributed by atoms with van der Waals surface area (Å²) < 4.78 is 1.50. The van der Waals surface area contributed by atoms with Gasteiger partial charge in [0, 0.05) is 37.6 Å². The van der Waals surface area contributed by atoms with Gasteiger partial charge in [-0.2, -0.15) is 0 Å². The molecular formula is C20H26N4O3. The number of carbonyl (C=O) groups is 1. The van der Waals surface area contributed by atoms with Gasteiger partial charge in [0.1, 0.15) is 11.2 Å². The van der Waals surface area contributed by atoms with Crippen molar-refractivity contribution in [2.24, 2.45) is 0 Å². The summed E-state index contributed by atoms with van der Waals surface area (Å²) >= 11 is 0. The summed E-state index contributed by atoms with van der Waals surface area (Å²) in [4.78, 5) is 34.2. The van der Waals surface area contributed by atoms with Crippen molar-refractivity contribution in [1.82, 2.24) is 19.2 Å². The third kappa shape index (κ3) is 3.49. The third-order valence-corrected chi connectivity index (χ3v) is 5.85.